The van der Waals surface area contributed by atoms with E-state index in [1.807, 2.05) is 23.1 Å². The average Bonchev–Trinajstić information content (AvgIpc) is 3.39. The van der Waals surface area contributed by atoms with E-state index in [-0.39, 0.29) is 0 Å². The largest absolute Gasteiger partial charge is 0.490 e. The Kier molecular flexibility index (Phi) is 5.65. The predicted octanol–water partition coefficient (Wildman–Crippen LogP) is 2.51. The first-order chi connectivity index (χ1) is 15.3. The molecule has 1 saturated heterocycles. The van der Waals surface area contributed by atoms with Crippen LogP contribution in [0.3, 0.4) is 0 Å². The molecule has 10 nitrogen and oxygen atoms in total. The van der Waals surface area contributed by atoms with Crippen LogP contribution in [0.5, 0.6) is 0 Å². The molecule has 1 aliphatic rings. The normalized spacial score (nSPS) is 15.0. The Bertz CT molecular complexity index is 1260. The minimum Gasteiger partial charge on any atom is -0.475 e. The summed E-state index contributed by atoms with van der Waals surface area (Å²) < 4.78 is 33.8. The molecule has 13 heteroatoms. The monoisotopic (exact) mass is 448 g/mol. The first-order valence-corrected chi connectivity index (χ1v) is 9.68. The van der Waals surface area contributed by atoms with Crippen molar-refractivity contribution in [3.8, 4) is 11.3 Å². The number of halogens is 3. The van der Waals surface area contributed by atoms with Crippen molar-refractivity contribution in [3.63, 3.8) is 0 Å². The number of H-pyrrole nitrogens is 1. The maximum absolute atomic E-state index is 10.6. The van der Waals surface area contributed by atoms with E-state index in [9.17, 15) is 13.2 Å². The van der Waals surface area contributed by atoms with Crippen molar-refractivity contribution in [2.45, 2.75) is 25.1 Å². The number of rotatable bonds is 2. The Balaban J connectivity index is 0.000000307. The van der Waals surface area contributed by atoms with Crippen LogP contribution in [0.1, 0.15) is 18.9 Å². The highest BCUT2D eigenvalue weighted by molar-refractivity contribution is 5.99. The van der Waals surface area contributed by atoms with Gasteiger partial charge in [-0.1, -0.05) is 0 Å². The fraction of sp³-hybridized carbons (Fsp3) is 0.316. The fourth-order valence-corrected chi connectivity index (χ4v) is 3.57. The molecule has 0 aliphatic carbocycles. The maximum Gasteiger partial charge on any atom is 0.490 e. The van der Waals surface area contributed by atoms with Crippen LogP contribution in [-0.4, -0.2) is 60.1 Å². The zero-order chi connectivity index (χ0) is 22.9. The van der Waals surface area contributed by atoms with Gasteiger partial charge in [-0.3, -0.25) is 0 Å². The Hall–Kier alpha value is -3.74. The quantitative estimate of drug-likeness (QED) is 0.366. The lowest BCUT2D eigenvalue weighted by Crippen LogP contribution is -2.30. The molecule has 5 heterocycles. The Morgan fingerprint density at radius 1 is 1.22 bits per heavy atom. The van der Waals surface area contributed by atoms with Crippen LogP contribution in [0, 0.1) is 0 Å². The van der Waals surface area contributed by atoms with Crippen molar-refractivity contribution < 1.29 is 23.1 Å². The molecule has 0 atom stereocenters. The van der Waals surface area contributed by atoms with E-state index in [2.05, 4.69) is 31.3 Å². The average molecular weight is 448 g/mol. The highest BCUT2D eigenvalue weighted by Crippen LogP contribution is 2.33. The van der Waals surface area contributed by atoms with Gasteiger partial charge in [-0.25, -0.2) is 24.4 Å². The summed E-state index contributed by atoms with van der Waals surface area (Å²) in [5.41, 5.74) is 9.55. The molecule has 0 amide bonds. The number of hydrogen-bond acceptors (Lipinski definition) is 7. The van der Waals surface area contributed by atoms with E-state index >= 15 is 0 Å². The third-order valence-corrected chi connectivity index (χ3v) is 5.09. The number of aromatic nitrogens is 6. The van der Waals surface area contributed by atoms with E-state index in [4.69, 9.17) is 20.7 Å². The summed E-state index contributed by atoms with van der Waals surface area (Å²) >= 11 is 0. The van der Waals surface area contributed by atoms with Crippen molar-refractivity contribution in [2.24, 2.45) is 0 Å². The molecule has 1 fully saturated rings. The summed E-state index contributed by atoms with van der Waals surface area (Å²) in [6, 6.07) is 4.38. The fourth-order valence-electron chi connectivity index (χ4n) is 3.57. The number of nitrogens with one attached hydrogen (secondary N) is 2. The first-order valence-electron chi connectivity index (χ1n) is 9.68. The molecule has 168 valence electrons. The second kappa shape index (κ2) is 8.42. The van der Waals surface area contributed by atoms with Crippen LogP contribution in [0.2, 0.25) is 0 Å². The second-order valence-corrected chi connectivity index (χ2v) is 7.17. The van der Waals surface area contributed by atoms with Gasteiger partial charge in [0, 0.05) is 23.3 Å². The van der Waals surface area contributed by atoms with Gasteiger partial charge < -0.3 is 21.1 Å². The van der Waals surface area contributed by atoms with Crippen LogP contribution in [-0.2, 0) is 4.79 Å². The molecule has 0 spiro atoms. The van der Waals surface area contributed by atoms with Gasteiger partial charge in [-0.05, 0) is 38.1 Å². The summed E-state index contributed by atoms with van der Waals surface area (Å²) in [4.78, 5) is 25.1. The number of carboxylic acid groups (broad SMARTS) is 1. The Labute approximate surface area is 178 Å². The minimum atomic E-state index is -5.08. The number of nitrogens with zero attached hydrogens (tertiary/aromatic N) is 5. The van der Waals surface area contributed by atoms with Crippen molar-refractivity contribution in [1.29, 1.82) is 0 Å². The number of fused-ring (bicyclic) bond motifs is 2. The summed E-state index contributed by atoms with van der Waals surface area (Å²) in [6.45, 7) is 1.97. The first kappa shape index (κ1) is 21.5. The topological polar surface area (TPSA) is 148 Å². The van der Waals surface area contributed by atoms with Crippen molar-refractivity contribution >= 4 is 33.9 Å². The number of hydrogen-bond donors (Lipinski definition) is 4. The highest BCUT2D eigenvalue weighted by atomic mass is 19.4. The number of carboxylic acids is 1. The van der Waals surface area contributed by atoms with Gasteiger partial charge in [-0.15, -0.1) is 0 Å². The van der Waals surface area contributed by atoms with E-state index < -0.39 is 12.1 Å². The molecule has 4 aromatic heterocycles. The van der Waals surface area contributed by atoms with Gasteiger partial charge in [0.2, 0.25) is 0 Å². The third-order valence-electron chi connectivity index (χ3n) is 5.09. The van der Waals surface area contributed by atoms with Gasteiger partial charge >= 0.3 is 12.1 Å². The van der Waals surface area contributed by atoms with Crippen molar-refractivity contribution in [1.82, 2.24) is 35.0 Å². The molecule has 32 heavy (non-hydrogen) atoms. The van der Waals surface area contributed by atoms with E-state index in [0.717, 1.165) is 59.3 Å². The van der Waals surface area contributed by atoms with Crippen LogP contribution >= 0.6 is 0 Å². The van der Waals surface area contributed by atoms with E-state index in [0.29, 0.717) is 11.9 Å². The number of nitrogen functional groups attached to an aromatic ring is 1. The van der Waals surface area contributed by atoms with Crippen molar-refractivity contribution in [3.05, 3.63) is 30.9 Å². The van der Waals surface area contributed by atoms with E-state index in [1.165, 1.54) is 6.33 Å². The Morgan fingerprint density at radius 3 is 2.62 bits per heavy atom. The van der Waals surface area contributed by atoms with Gasteiger partial charge in [0.05, 0.1) is 11.4 Å². The lowest BCUT2D eigenvalue weighted by molar-refractivity contribution is -0.192. The van der Waals surface area contributed by atoms with Gasteiger partial charge in [0.15, 0.2) is 5.65 Å². The number of aliphatic carboxylic acids is 1. The van der Waals surface area contributed by atoms with Gasteiger partial charge in [-0.2, -0.15) is 18.3 Å². The van der Waals surface area contributed by atoms with E-state index in [1.54, 1.807) is 0 Å². The Morgan fingerprint density at radius 2 is 1.94 bits per heavy atom. The lowest BCUT2D eigenvalue weighted by Gasteiger charge is -2.23. The standard InChI is InChI=1S/C17H18N8.C2HF3O2/c18-15-13-14(11-7-10-1-6-20-16(10)21-8-11)24-25(17(13)23-9-22-15)12-2-4-19-5-3-12;3-2(4,5)1(6)7/h1,6-9,12,19H,2-5H2,(H,20,21)(H2,18,22,23);(H,6,7). The molecule has 0 saturated carbocycles. The smallest absolute Gasteiger partial charge is 0.475 e. The predicted molar refractivity (Wildman–Crippen MR) is 110 cm³/mol. The molecular weight excluding hydrogens is 429 g/mol. The lowest BCUT2D eigenvalue weighted by atomic mass is 10.1. The SMILES string of the molecule is Nc1ncnc2c1c(-c1cnc3[nH]ccc3c1)nn2C1CCNCC1.O=C(O)C(F)(F)F. The zero-order valence-electron chi connectivity index (χ0n) is 16.6. The number of nitrogens with two attached hydrogens (primary N) is 1. The molecule has 0 unspecified atom stereocenters. The second-order valence-electron chi connectivity index (χ2n) is 7.17. The van der Waals surface area contributed by atoms with Crippen LogP contribution < -0.4 is 11.1 Å². The number of pyridine rings is 1. The number of anilines is 1. The third kappa shape index (κ3) is 4.19. The summed E-state index contributed by atoms with van der Waals surface area (Å²) in [6.07, 6.45) is 2.17. The maximum atomic E-state index is 10.6. The van der Waals surface area contributed by atoms with Crippen LogP contribution in [0.15, 0.2) is 30.9 Å². The van der Waals surface area contributed by atoms with Crippen molar-refractivity contribution in [2.75, 3.05) is 18.8 Å². The number of piperidine rings is 1. The zero-order valence-corrected chi connectivity index (χ0v) is 16.6. The molecule has 0 radical (unpaired) electrons. The summed E-state index contributed by atoms with van der Waals surface area (Å²) in [5.74, 6) is -2.30. The molecule has 4 aromatic rings. The number of aromatic amines is 1. The molecule has 0 bridgehead atoms. The number of carbonyl (C=O) groups is 1. The van der Waals surface area contributed by atoms with Crippen LogP contribution in [0.4, 0.5) is 19.0 Å². The van der Waals surface area contributed by atoms with Gasteiger partial charge in [0.1, 0.15) is 23.5 Å². The summed E-state index contributed by atoms with van der Waals surface area (Å²) in [5, 5.41) is 17.2. The van der Waals surface area contributed by atoms with Gasteiger partial charge in [0.25, 0.3) is 0 Å². The molecule has 5 N–H and O–H groups in total. The summed E-state index contributed by atoms with van der Waals surface area (Å²) in [7, 11) is 0. The minimum absolute atomic E-state index is 0.316. The van der Waals surface area contributed by atoms with Crippen LogP contribution in [0.25, 0.3) is 33.3 Å². The molecule has 0 aromatic carbocycles. The molecule has 5 rings (SSSR count). The molecule has 1 aliphatic heterocycles. The molecular formula is C19H19F3N8O2. The highest BCUT2D eigenvalue weighted by Gasteiger charge is 2.38. The number of alkyl halides is 3.